The van der Waals surface area contributed by atoms with Crippen molar-refractivity contribution in [2.24, 2.45) is 0 Å². The number of nitrogens with zero attached hydrogens (tertiary/aromatic N) is 1. The Kier molecular flexibility index (Phi) is 1.40. The number of hydrogen-bond donors (Lipinski definition) is 0. The standard InChI is InChI=1S/C4H2ClNO3/c5-2-1-9-3(6-2)4(7)8/h1H,(H,7,8)/p-1. The highest BCUT2D eigenvalue weighted by molar-refractivity contribution is 6.29. The number of rotatable bonds is 1. The molecule has 48 valence electrons. The molecule has 0 atom stereocenters. The summed E-state index contributed by atoms with van der Waals surface area (Å²) in [6.07, 6.45) is 1.02. The zero-order valence-electron chi connectivity index (χ0n) is 4.13. The zero-order chi connectivity index (χ0) is 6.85. The predicted octanol–water partition coefficient (Wildman–Crippen LogP) is -0.308. The van der Waals surface area contributed by atoms with Crippen LogP contribution in [0.15, 0.2) is 10.7 Å². The molecule has 1 aromatic rings. The molecular formula is C4HClNO3-. The number of carbonyl (C=O) groups excluding carboxylic acids is 1. The average molecular weight is 147 g/mol. The second-order valence-electron chi connectivity index (χ2n) is 1.26. The van der Waals surface area contributed by atoms with Gasteiger partial charge in [0.05, 0.1) is 0 Å². The Morgan fingerprint density at radius 2 is 2.56 bits per heavy atom. The summed E-state index contributed by atoms with van der Waals surface area (Å²) in [6, 6.07) is 0. The third kappa shape index (κ3) is 1.20. The van der Waals surface area contributed by atoms with E-state index in [4.69, 9.17) is 11.6 Å². The molecule has 1 aromatic heterocycles. The Morgan fingerprint density at radius 1 is 1.89 bits per heavy atom. The maximum Gasteiger partial charge on any atom is 0.243 e. The lowest BCUT2D eigenvalue weighted by atomic mass is 10.7. The van der Waals surface area contributed by atoms with Crippen molar-refractivity contribution in [3.63, 3.8) is 0 Å². The van der Waals surface area contributed by atoms with Gasteiger partial charge < -0.3 is 14.3 Å². The average Bonchev–Trinajstić information content (AvgIpc) is 2.14. The van der Waals surface area contributed by atoms with Gasteiger partial charge in [-0.05, 0) is 0 Å². The molecule has 0 saturated heterocycles. The number of carboxylic acids is 1. The van der Waals surface area contributed by atoms with Gasteiger partial charge in [0.2, 0.25) is 5.89 Å². The first kappa shape index (κ1) is 6.10. The molecule has 0 saturated carbocycles. The van der Waals surface area contributed by atoms with Gasteiger partial charge in [0, 0.05) is 0 Å². The molecule has 0 amide bonds. The van der Waals surface area contributed by atoms with Gasteiger partial charge in [-0.1, -0.05) is 11.6 Å². The molecule has 1 rings (SSSR count). The fourth-order valence-electron chi connectivity index (χ4n) is 0.348. The van der Waals surface area contributed by atoms with Crippen LogP contribution in [0, 0.1) is 0 Å². The van der Waals surface area contributed by atoms with Crippen LogP contribution in [0.25, 0.3) is 0 Å². The van der Waals surface area contributed by atoms with Crippen molar-refractivity contribution in [2.75, 3.05) is 0 Å². The molecule has 0 unspecified atom stereocenters. The van der Waals surface area contributed by atoms with Crippen LogP contribution in [0.2, 0.25) is 5.15 Å². The van der Waals surface area contributed by atoms with Gasteiger partial charge in [0.25, 0.3) is 0 Å². The second-order valence-corrected chi connectivity index (χ2v) is 1.65. The Balaban J connectivity index is 2.98. The number of aromatic carboxylic acids is 1. The van der Waals surface area contributed by atoms with Gasteiger partial charge in [-0.3, -0.25) is 0 Å². The smallest absolute Gasteiger partial charge is 0.243 e. The van der Waals surface area contributed by atoms with Crippen LogP contribution in [0.1, 0.15) is 10.7 Å². The van der Waals surface area contributed by atoms with Crippen molar-refractivity contribution in [3.05, 3.63) is 17.3 Å². The highest BCUT2D eigenvalue weighted by Crippen LogP contribution is 2.05. The van der Waals surface area contributed by atoms with Crippen LogP contribution in [0.3, 0.4) is 0 Å². The van der Waals surface area contributed by atoms with E-state index >= 15 is 0 Å². The fraction of sp³-hybridized carbons (Fsp3) is 0. The van der Waals surface area contributed by atoms with Crippen LogP contribution in [-0.4, -0.2) is 11.0 Å². The summed E-state index contributed by atoms with van der Waals surface area (Å²) in [5.74, 6) is -1.97. The van der Waals surface area contributed by atoms with Crippen molar-refractivity contribution in [3.8, 4) is 0 Å². The van der Waals surface area contributed by atoms with Gasteiger partial charge in [-0.2, -0.15) is 4.98 Å². The van der Waals surface area contributed by atoms with E-state index in [1.165, 1.54) is 0 Å². The normalized spacial score (nSPS) is 9.44. The number of hydrogen-bond acceptors (Lipinski definition) is 4. The number of oxazole rings is 1. The molecule has 9 heavy (non-hydrogen) atoms. The van der Waals surface area contributed by atoms with Crippen LogP contribution in [0.5, 0.6) is 0 Å². The van der Waals surface area contributed by atoms with Crippen molar-refractivity contribution in [2.45, 2.75) is 0 Å². The number of halogens is 1. The Bertz CT molecular complexity index is 231. The SMILES string of the molecule is O=C([O-])c1nc(Cl)co1. The van der Waals surface area contributed by atoms with Gasteiger partial charge in [0.15, 0.2) is 5.15 Å². The van der Waals surface area contributed by atoms with Crippen molar-refractivity contribution >= 4 is 17.6 Å². The Hall–Kier alpha value is -1.03. The molecule has 1 heterocycles. The van der Waals surface area contributed by atoms with E-state index < -0.39 is 11.9 Å². The topological polar surface area (TPSA) is 66.2 Å². The van der Waals surface area contributed by atoms with Crippen LogP contribution in [0.4, 0.5) is 0 Å². The quantitative estimate of drug-likeness (QED) is 0.545. The highest BCUT2D eigenvalue weighted by Gasteiger charge is 1.99. The minimum absolute atomic E-state index is 0.00852. The van der Waals surface area contributed by atoms with Gasteiger partial charge in [-0.15, -0.1) is 0 Å². The Morgan fingerprint density at radius 3 is 2.78 bits per heavy atom. The maximum atomic E-state index is 9.89. The van der Waals surface area contributed by atoms with Crippen molar-refractivity contribution in [1.82, 2.24) is 4.98 Å². The van der Waals surface area contributed by atoms with Crippen LogP contribution in [-0.2, 0) is 0 Å². The molecule has 0 spiro atoms. The van der Waals surface area contributed by atoms with E-state index in [1.807, 2.05) is 0 Å². The third-order valence-electron chi connectivity index (χ3n) is 0.651. The van der Waals surface area contributed by atoms with Gasteiger partial charge in [-0.25, -0.2) is 0 Å². The van der Waals surface area contributed by atoms with E-state index in [-0.39, 0.29) is 5.15 Å². The molecule has 4 nitrogen and oxygen atoms in total. The molecule has 0 aliphatic heterocycles. The molecule has 0 fully saturated rings. The molecule has 0 aliphatic carbocycles. The van der Waals surface area contributed by atoms with E-state index in [2.05, 4.69) is 9.40 Å². The molecule has 0 aliphatic rings. The molecule has 5 heteroatoms. The minimum Gasteiger partial charge on any atom is -0.540 e. The molecular weight excluding hydrogens is 146 g/mol. The predicted molar refractivity (Wildman–Crippen MR) is 25.8 cm³/mol. The van der Waals surface area contributed by atoms with Crippen molar-refractivity contribution < 1.29 is 14.3 Å². The first-order valence-electron chi connectivity index (χ1n) is 2.02. The summed E-state index contributed by atoms with van der Waals surface area (Å²) in [6.45, 7) is 0. The minimum atomic E-state index is -1.47. The van der Waals surface area contributed by atoms with E-state index in [1.54, 1.807) is 0 Å². The number of carbonyl (C=O) groups is 1. The Labute approximate surface area is 55.1 Å². The summed E-state index contributed by atoms with van der Waals surface area (Å²) in [5.41, 5.74) is 0. The molecule has 0 bridgehead atoms. The van der Waals surface area contributed by atoms with Crippen molar-refractivity contribution in [1.29, 1.82) is 0 Å². The van der Waals surface area contributed by atoms with E-state index in [9.17, 15) is 9.90 Å². The zero-order valence-corrected chi connectivity index (χ0v) is 4.88. The second kappa shape index (κ2) is 2.06. The summed E-state index contributed by atoms with van der Waals surface area (Å²) in [5, 5.41) is 9.90. The highest BCUT2D eigenvalue weighted by atomic mass is 35.5. The fourth-order valence-corrected chi connectivity index (χ4v) is 0.469. The summed E-state index contributed by atoms with van der Waals surface area (Å²) in [4.78, 5) is 13.1. The lowest BCUT2D eigenvalue weighted by Gasteiger charge is -1.89. The monoisotopic (exact) mass is 146 g/mol. The van der Waals surface area contributed by atoms with Gasteiger partial charge >= 0.3 is 0 Å². The first-order valence-corrected chi connectivity index (χ1v) is 2.40. The maximum absolute atomic E-state index is 9.89. The summed E-state index contributed by atoms with van der Waals surface area (Å²) in [7, 11) is 0. The molecule has 0 aromatic carbocycles. The molecule has 0 N–H and O–H groups in total. The lowest BCUT2D eigenvalue weighted by molar-refractivity contribution is -0.257. The van der Waals surface area contributed by atoms with E-state index in [0.29, 0.717) is 0 Å². The third-order valence-corrected chi connectivity index (χ3v) is 0.824. The van der Waals surface area contributed by atoms with E-state index in [0.717, 1.165) is 6.26 Å². The van der Waals surface area contributed by atoms with Crippen LogP contribution >= 0.6 is 11.6 Å². The lowest BCUT2D eigenvalue weighted by Crippen LogP contribution is -2.22. The largest absolute Gasteiger partial charge is 0.540 e. The number of aromatic nitrogens is 1. The number of carboxylic acid groups (broad SMARTS) is 1. The molecule has 0 radical (unpaired) electrons. The summed E-state index contributed by atoms with van der Waals surface area (Å²) >= 11 is 5.21. The first-order chi connectivity index (χ1) is 4.20. The van der Waals surface area contributed by atoms with Gasteiger partial charge in [0.1, 0.15) is 12.2 Å². The van der Waals surface area contributed by atoms with Crippen LogP contribution < -0.4 is 5.11 Å². The summed E-state index contributed by atoms with van der Waals surface area (Å²) < 4.78 is 4.32.